The molecule has 82 valence electrons. The largest absolute Gasteiger partial charge is 0.414 e. The van der Waals surface area contributed by atoms with Gasteiger partial charge < -0.3 is 5.11 Å². The standard InChI is InChI=1S/C9H13F3O2/c10-9(11,12)8(14)5-6-3-1-2-4-7(6)13/h6,8,14H,1-5H2. The summed E-state index contributed by atoms with van der Waals surface area (Å²) >= 11 is 0. The summed E-state index contributed by atoms with van der Waals surface area (Å²) in [7, 11) is 0. The van der Waals surface area contributed by atoms with Crippen LogP contribution in [0.15, 0.2) is 0 Å². The van der Waals surface area contributed by atoms with Gasteiger partial charge in [0.15, 0.2) is 6.10 Å². The van der Waals surface area contributed by atoms with Crippen LogP contribution >= 0.6 is 0 Å². The van der Waals surface area contributed by atoms with Crippen molar-refractivity contribution in [3.63, 3.8) is 0 Å². The number of hydrogen-bond donors (Lipinski definition) is 1. The molecule has 2 unspecified atom stereocenters. The van der Waals surface area contributed by atoms with Gasteiger partial charge in [-0.05, 0) is 19.3 Å². The van der Waals surface area contributed by atoms with Crippen LogP contribution in [0.5, 0.6) is 0 Å². The van der Waals surface area contributed by atoms with E-state index in [9.17, 15) is 18.0 Å². The van der Waals surface area contributed by atoms with Gasteiger partial charge in [0, 0.05) is 12.3 Å². The topological polar surface area (TPSA) is 37.3 Å². The Labute approximate surface area is 80.1 Å². The lowest BCUT2D eigenvalue weighted by Gasteiger charge is -2.23. The number of aliphatic hydroxyl groups is 1. The first-order valence-corrected chi connectivity index (χ1v) is 4.68. The normalized spacial score (nSPS) is 26.3. The molecule has 2 atom stereocenters. The summed E-state index contributed by atoms with van der Waals surface area (Å²) in [6, 6.07) is 0. The van der Waals surface area contributed by atoms with Crippen LogP contribution in [0.1, 0.15) is 32.1 Å². The third-order valence-corrected chi connectivity index (χ3v) is 2.57. The maximum atomic E-state index is 12.0. The molecule has 1 N–H and O–H groups in total. The van der Waals surface area contributed by atoms with Gasteiger partial charge in [-0.3, -0.25) is 4.79 Å². The van der Waals surface area contributed by atoms with E-state index in [1.54, 1.807) is 0 Å². The molecule has 5 heteroatoms. The maximum Gasteiger partial charge on any atom is 0.414 e. The van der Waals surface area contributed by atoms with Gasteiger partial charge in [-0.15, -0.1) is 0 Å². The lowest BCUT2D eigenvalue weighted by molar-refractivity contribution is -0.208. The molecule has 1 aliphatic carbocycles. The molecule has 0 spiro atoms. The first-order chi connectivity index (χ1) is 6.41. The van der Waals surface area contributed by atoms with Gasteiger partial charge in [0.1, 0.15) is 5.78 Å². The Hall–Kier alpha value is -0.580. The van der Waals surface area contributed by atoms with E-state index in [2.05, 4.69) is 0 Å². The molecular weight excluding hydrogens is 197 g/mol. The Morgan fingerprint density at radius 1 is 1.43 bits per heavy atom. The molecule has 1 fully saturated rings. The summed E-state index contributed by atoms with van der Waals surface area (Å²) in [6.07, 6.45) is -5.05. The molecular formula is C9H13F3O2. The zero-order valence-corrected chi connectivity index (χ0v) is 7.68. The van der Waals surface area contributed by atoms with Crippen LogP contribution in [0.3, 0.4) is 0 Å². The molecule has 0 bridgehead atoms. The van der Waals surface area contributed by atoms with E-state index >= 15 is 0 Å². The van der Waals surface area contributed by atoms with Gasteiger partial charge >= 0.3 is 6.18 Å². The SMILES string of the molecule is O=C1CCCCC1CC(O)C(F)(F)F. The van der Waals surface area contributed by atoms with Crippen molar-refractivity contribution in [2.45, 2.75) is 44.4 Å². The molecule has 0 aliphatic heterocycles. The third kappa shape index (κ3) is 2.97. The molecule has 0 heterocycles. The average molecular weight is 210 g/mol. The number of carbonyl (C=O) groups excluding carboxylic acids is 1. The number of rotatable bonds is 2. The Balaban J connectivity index is 2.46. The summed E-state index contributed by atoms with van der Waals surface area (Å²) in [5.41, 5.74) is 0. The van der Waals surface area contributed by atoms with Crippen LogP contribution in [-0.4, -0.2) is 23.2 Å². The minimum absolute atomic E-state index is 0.139. The van der Waals surface area contributed by atoms with Crippen LogP contribution in [0.2, 0.25) is 0 Å². The van der Waals surface area contributed by atoms with E-state index in [1.807, 2.05) is 0 Å². The molecule has 0 aromatic rings. The molecule has 0 aromatic heterocycles. The molecule has 0 saturated heterocycles. The summed E-state index contributed by atoms with van der Waals surface area (Å²) in [5, 5.41) is 8.78. The van der Waals surface area contributed by atoms with E-state index in [1.165, 1.54) is 0 Å². The molecule has 2 nitrogen and oxygen atoms in total. The molecule has 14 heavy (non-hydrogen) atoms. The molecule has 1 aliphatic rings. The lowest BCUT2D eigenvalue weighted by Crippen LogP contribution is -2.33. The van der Waals surface area contributed by atoms with Crippen molar-refractivity contribution in [2.24, 2.45) is 5.92 Å². The quantitative estimate of drug-likeness (QED) is 0.757. The number of alkyl halides is 3. The second-order valence-corrected chi connectivity index (χ2v) is 3.70. The van der Waals surface area contributed by atoms with Crippen molar-refractivity contribution in [3.05, 3.63) is 0 Å². The fourth-order valence-corrected chi connectivity index (χ4v) is 1.71. The molecule has 0 radical (unpaired) electrons. The predicted molar refractivity (Wildman–Crippen MR) is 43.6 cm³/mol. The van der Waals surface area contributed by atoms with E-state index in [0.29, 0.717) is 12.8 Å². The highest BCUT2D eigenvalue weighted by atomic mass is 19.4. The molecule has 0 aromatic carbocycles. The van der Waals surface area contributed by atoms with Crippen molar-refractivity contribution in [1.29, 1.82) is 0 Å². The zero-order valence-electron chi connectivity index (χ0n) is 7.68. The Morgan fingerprint density at radius 2 is 2.07 bits per heavy atom. The van der Waals surface area contributed by atoms with Crippen molar-refractivity contribution in [1.82, 2.24) is 0 Å². The number of halogens is 3. The fourth-order valence-electron chi connectivity index (χ4n) is 1.71. The van der Waals surface area contributed by atoms with Crippen molar-refractivity contribution in [2.75, 3.05) is 0 Å². The lowest BCUT2D eigenvalue weighted by atomic mass is 9.84. The average Bonchev–Trinajstić information content (AvgIpc) is 2.07. The second-order valence-electron chi connectivity index (χ2n) is 3.70. The summed E-state index contributed by atoms with van der Waals surface area (Å²) in [6.45, 7) is 0. The third-order valence-electron chi connectivity index (χ3n) is 2.57. The number of carbonyl (C=O) groups is 1. The van der Waals surface area contributed by atoms with Crippen molar-refractivity contribution >= 4 is 5.78 Å². The number of aliphatic hydroxyl groups excluding tert-OH is 1. The van der Waals surface area contributed by atoms with Crippen LogP contribution in [0.4, 0.5) is 13.2 Å². The zero-order chi connectivity index (χ0) is 10.8. The fraction of sp³-hybridized carbons (Fsp3) is 0.889. The van der Waals surface area contributed by atoms with Crippen molar-refractivity contribution < 1.29 is 23.1 Å². The maximum absolute atomic E-state index is 12.0. The highest BCUT2D eigenvalue weighted by Gasteiger charge is 2.40. The molecule has 1 saturated carbocycles. The monoisotopic (exact) mass is 210 g/mol. The highest BCUT2D eigenvalue weighted by Crippen LogP contribution is 2.30. The van der Waals surface area contributed by atoms with Gasteiger partial charge in [0.25, 0.3) is 0 Å². The van der Waals surface area contributed by atoms with Gasteiger partial charge in [0.05, 0.1) is 0 Å². The Kier molecular flexibility index (Phi) is 3.53. The first-order valence-electron chi connectivity index (χ1n) is 4.68. The van der Waals surface area contributed by atoms with E-state index < -0.39 is 24.6 Å². The van der Waals surface area contributed by atoms with E-state index in [4.69, 9.17) is 5.11 Å². The van der Waals surface area contributed by atoms with Crippen molar-refractivity contribution in [3.8, 4) is 0 Å². The van der Waals surface area contributed by atoms with Gasteiger partial charge in [-0.25, -0.2) is 0 Å². The van der Waals surface area contributed by atoms with Crippen LogP contribution in [0.25, 0.3) is 0 Å². The minimum atomic E-state index is -4.60. The second kappa shape index (κ2) is 4.29. The van der Waals surface area contributed by atoms with Gasteiger partial charge in [-0.2, -0.15) is 13.2 Å². The first kappa shape index (κ1) is 11.5. The van der Waals surface area contributed by atoms with Crippen LogP contribution < -0.4 is 0 Å². The summed E-state index contributed by atoms with van der Waals surface area (Å²) in [4.78, 5) is 11.2. The van der Waals surface area contributed by atoms with E-state index in [0.717, 1.165) is 12.8 Å². The number of ketones is 1. The van der Waals surface area contributed by atoms with Gasteiger partial charge in [0.2, 0.25) is 0 Å². The summed E-state index contributed by atoms with van der Waals surface area (Å²) < 4.78 is 35.9. The minimum Gasteiger partial charge on any atom is -0.384 e. The van der Waals surface area contributed by atoms with Crippen LogP contribution in [0, 0.1) is 5.92 Å². The Morgan fingerprint density at radius 3 is 2.57 bits per heavy atom. The number of Topliss-reactive ketones (excluding diaryl/α,β-unsaturated/α-hetero) is 1. The highest BCUT2D eigenvalue weighted by molar-refractivity contribution is 5.81. The van der Waals surface area contributed by atoms with Gasteiger partial charge in [-0.1, -0.05) is 6.42 Å². The molecule has 0 amide bonds. The van der Waals surface area contributed by atoms with Crippen LogP contribution in [-0.2, 0) is 4.79 Å². The smallest absolute Gasteiger partial charge is 0.384 e. The number of hydrogen-bond acceptors (Lipinski definition) is 2. The summed E-state index contributed by atoms with van der Waals surface area (Å²) in [5.74, 6) is -0.736. The molecule has 1 rings (SSSR count). The predicted octanol–water partition coefficient (Wildman–Crippen LogP) is 2.06. The Bertz CT molecular complexity index is 213. The van der Waals surface area contributed by atoms with E-state index in [-0.39, 0.29) is 5.78 Å².